The summed E-state index contributed by atoms with van der Waals surface area (Å²) in [4.78, 5) is 31.5. The molecular weight excluding hydrogens is 1150 g/mol. The minimum absolute atomic E-state index is 0.130. The van der Waals surface area contributed by atoms with Gasteiger partial charge in [0.05, 0.1) is 98.7 Å². The molecule has 4 saturated heterocycles. The Morgan fingerprint density at radius 3 is 1.89 bits per heavy atom. The van der Waals surface area contributed by atoms with Crippen molar-refractivity contribution < 1.29 is 105 Å². The predicted octanol–water partition coefficient (Wildman–Crippen LogP) is -0.596. The molecular formula is C64H97N3O21. The molecule has 0 saturated carbocycles. The molecule has 5 aliphatic rings. The Kier molecular flexibility index (Phi) is 28.7. The molecule has 0 spiro atoms. The number of carbonyl (C=O) groups excluding carboxylic acids is 2. The van der Waals surface area contributed by atoms with Crippen molar-refractivity contribution in [2.45, 2.75) is 207 Å². The first-order chi connectivity index (χ1) is 41.8. The summed E-state index contributed by atoms with van der Waals surface area (Å²) in [7, 11) is 0. The molecule has 23 atom stereocenters. The van der Waals surface area contributed by atoms with Gasteiger partial charge >= 0.3 is 5.97 Å². The summed E-state index contributed by atoms with van der Waals surface area (Å²) in [6.07, 6.45) is -2.85. The Bertz CT molecular complexity index is 2490. The number of ether oxygens (including phenoxy) is 5. The second-order valence-corrected chi connectivity index (χ2v) is 24.3. The largest absolute Gasteiger partial charge is 0.462 e. The highest BCUT2D eigenvalue weighted by Crippen LogP contribution is 2.39. The number of nitrogens with one attached hydrogen (secondary N) is 1. The Hall–Kier alpha value is -4.46. The van der Waals surface area contributed by atoms with E-state index in [2.05, 4.69) is 10.2 Å². The summed E-state index contributed by atoms with van der Waals surface area (Å²) in [5, 5.41) is 158. The fourth-order valence-corrected chi connectivity index (χ4v) is 11.7. The number of esters is 1. The van der Waals surface area contributed by atoms with Gasteiger partial charge in [0.15, 0.2) is 12.1 Å². The van der Waals surface area contributed by atoms with E-state index >= 15 is 0 Å². The quantitative estimate of drug-likeness (QED) is 0.145. The molecule has 24 nitrogen and oxygen atoms in total. The summed E-state index contributed by atoms with van der Waals surface area (Å²) < 4.78 is 29.8. The molecule has 0 radical (unpaired) electrons. The van der Waals surface area contributed by atoms with Gasteiger partial charge in [0.2, 0.25) is 11.7 Å². The molecule has 1 amide bonds. The van der Waals surface area contributed by atoms with E-state index in [4.69, 9.17) is 23.7 Å². The molecule has 0 aliphatic carbocycles. The number of hydrogen-bond acceptors (Lipinski definition) is 23. The minimum atomic E-state index is -2.47. The third-order valence-corrected chi connectivity index (χ3v) is 17.2. The number of aliphatic hydroxyl groups is 14. The summed E-state index contributed by atoms with van der Waals surface area (Å²) >= 11 is 0. The highest BCUT2D eigenvalue weighted by atomic mass is 16.7. The van der Waals surface area contributed by atoms with E-state index in [-0.39, 0.29) is 44.7 Å². The standard InChI is InChI=1S/C64H97N3O21/c1-39-20-16-13-11-9-7-5-6-8-10-12-14-19-23-47(87-62-59(79)55(57(77)42(4)86-62)65-38-64(83)60(80)58(78)51(74)37-84-64)33-52-54(61(81)67-28-26-66(27-29-67)36-43-21-17-15-18-22-43)50(73)35-63(82,88-52)34-46(70)31-49(72)48(71)25-24-44(68)30-45(69)32-53(75)85-41(3)40(2)56(39)76/h5-23,39-42,44-52,54-60,62,65,68-74,76-80,82-83H,24-38H2,1-4H3/t39-,40-,41-,42+,44+,45+,46-,47-,48+,49+,50-,51+,52?,54?,55-,56+,57+,58-,59-,60-,62?,63+,64+/m0/s1. The number of hydrogen-bond donors (Lipinski definition) is 15. The molecule has 0 aromatic heterocycles. The number of amides is 1. The lowest BCUT2D eigenvalue weighted by molar-refractivity contribution is -0.323. The number of piperazine rings is 1. The van der Waals surface area contributed by atoms with Crippen LogP contribution in [-0.4, -0.2) is 254 Å². The molecule has 6 rings (SSSR count). The van der Waals surface area contributed by atoms with Crippen LogP contribution in [0.5, 0.6) is 0 Å². The molecule has 3 unspecified atom stereocenters. The number of benzene rings is 1. The molecule has 15 N–H and O–H groups in total. The van der Waals surface area contributed by atoms with Crippen molar-refractivity contribution in [2.75, 3.05) is 39.3 Å². The van der Waals surface area contributed by atoms with Gasteiger partial charge in [-0.05, 0) is 38.7 Å². The van der Waals surface area contributed by atoms with Crippen molar-refractivity contribution >= 4 is 11.9 Å². The van der Waals surface area contributed by atoms with Crippen molar-refractivity contribution in [2.24, 2.45) is 17.8 Å². The second kappa shape index (κ2) is 34.8. The Morgan fingerprint density at radius 2 is 1.25 bits per heavy atom. The first kappa shape index (κ1) is 72.6. The van der Waals surface area contributed by atoms with Crippen LogP contribution in [0.15, 0.2) is 115 Å². The van der Waals surface area contributed by atoms with Gasteiger partial charge in [0, 0.05) is 70.2 Å². The second-order valence-electron chi connectivity index (χ2n) is 24.3. The van der Waals surface area contributed by atoms with Gasteiger partial charge in [-0.1, -0.05) is 129 Å². The molecule has 1 aromatic rings. The van der Waals surface area contributed by atoms with E-state index in [1.807, 2.05) is 43.3 Å². The maximum atomic E-state index is 14.9. The smallest absolute Gasteiger partial charge is 0.308 e. The SMILES string of the molecule is C[C@@H]1[C@H](O)[C@@H](C)C=CC=CC=CC=CC=CC=CC=C[C@H](OC2O[C@H](C)[C@@H](O)[C@H](NC[C@@]3(O)OC[C@@H](O)[C@H](O)[C@@H]3O)[C@@H]2O)CC2O[C@](O)(C[C@@H](O)C[C@@H](O)[C@H](O)CC[C@@H](O)C[C@@H](O)CC(=O)O[C@H]1C)C[C@H](O)C2C(=O)N1CCN(Cc2ccccc2)CC1. The van der Waals surface area contributed by atoms with Gasteiger partial charge in [0.1, 0.15) is 30.5 Å². The first-order valence-electron chi connectivity index (χ1n) is 30.7. The number of cyclic esters (lactones) is 1. The van der Waals surface area contributed by atoms with Crippen LogP contribution in [0.25, 0.3) is 0 Å². The topological polar surface area (TPSA) is 382 Å². The molecule has 88 heavy (non-hydrogen) atoms. The number of allylic oxidation sites excluding steroid dienone is 12. The molecule has 5 aliphatic heterocycles. The van der Waals surface area contributed by atoms with E-state index in [1.165, 1.54) is 6.92 Å². The summed E-state index contributed by atoms with van der Waals surface area (Å²) in [5.74, 6) is -8.20. The Labute approximate surface area is 515 Å². The van der Waals surface area contributed by atoms with Crippen molar-refractivity contribution in [1.82, 2.24) is 15.1 Å². The van der Waals surface area contributed by atoms with Gasteiger partial charge in [-0.3, -0.25) is 14.5 Å². The van der Waals surface area contributed by atoms with Gasteiger partial charge in [0.25, 0.3) is 0 Å². The van der Waals surface area contributed by atoms with Crippen LogP contribution in [0.2, 0.25) is 0 Å². The van der Waals surface area contributed by atoms with Crippen LogP contribution in [0.4, 0.5) is 0 Å². The number of carbonyl (C=O) groups is 2. The van der Waals surface area contributed by atoms with E-state index in [0.29, 0.717) is 19.6 Å². The van der Waals surface area contributed by atoms with Gasteiger partial charge in [-0.2, -0.15) is 0 Å². The summed E-state index contributed by atoms with van der Waals surface area (Å²) in [6, 6.07) is 8.49. The van der Waals surface area contributed by atoms with Crippen LogP contribution in [0.1, 0.15) is 84.6 Å². The lowest BCUT2D eigenvalue weighted by Crippen LogP contribution is -2.69. The predicted molar refractivity (Wildman–Crippen MR) is 320 cm³/mol. The zero-order chi connectivity index (χ0) is 64.3. The van der Waals surface area contributed by atoms with Crippen molar-refractivity contribution in [3.05, 3.63) is 121 Å². The molecule has 2 bridgehead atoms. The lowest BCUT2D eigenvalue weighted by atomic mass is 9.81. The van der Waals surface area contributed by atoms with E-state index in [1.54, 1.807) is 97.7 Å². The summed E-state index contributed by atoms with van der Waals surface area (Å²) in [6.45, 7) is 7.72. The third kappa shape index (κ3) is 21.6. The average Bonchev–Trinajstić information content (AvgIpc) is 2.46. The zero-order valence-corrected chi connectivity index (χ0v) is 50.7. The maximum absolute atomic E-state index is 14.9. The zero-order valence-electron chi connectivity index (χ0n) is 50.7. The van der Waals surface area contributed by atoms with E-state index in [0.717, 1.165) is 5.56 Å². The molecule has 24 heteroatoms. The highest BCUT2D eigenvalue weighted by molar-refractivity contribution is 5.80. The maximum Gasteiger partial charge on any atom is 0.308 e. The van der Waals surface area contributed by atoms with Crippen LogP contribution < -0.4 is 5.32 Å². The highest BCUT2D eigenvalue weighted by Gasteiger charge is 2.53. The van der Waals surface area contributed by atoms with Crippen molar-refractivity contribution in [3.8, 4) is 0 Å². The van der Waals surface area contributed by atoms with E-state index in [9.17, 15) is 81.1 Å². The monoisotopic (exact) mass is 1240 g/mol. The van der Waals surface area contributed by atoms with Gasteiger partial charge in [-0.15, -0.1) is 0 Å². The number of fused-ring (bicyclic) bond motifs is 2. The van der Waals surface area contributed by atoms with Crippen molar-refractivity contribution in [1.29, 1.82) is 0 Å². The van der Waals surface area contributed by atoms with Crippen LogP contribution in [-0.2, 0) is 39.8 Å². The molecule has 1 aromatic carbocycles. The van der Waals surface area contributed by atoms with E-state index < -0.39 is 184 Å². The number of rotatable bonds is 8. The number of nitrogens with zero attached hydrogens (tertiary/aromatic N) is 2. The van der Waals surface area contributed by atoms with Crippen LogP contribution in [0, 0.1) is 17.8 Å². The Balaban J connectivity index is 1.27. The molecule has 5 heterocycles. The fraction of sp³-hybridized carbons (Fsp3) is 0.656. The average molecular weight is 1240 g/mol. The molecule has 4 fully saturated rings. The fourth-order valence-electron chi connectivity index (χ4n) is 11.7. The minimum Gasteiger partial charge on any atom is -0.462 e. The third-order valence-electron chi connectivity index (χ3n) is 17.2. The molecule has 494 valence electrons. The van der Waals surface area contributed by atoms with Crippen LogP contribution in [0.3, 0.4) is 0 Å². The normalized spacial score (nSPS) is 40.7. The van der Waals surface area contributed by atoms with Crippen molar-refractivity contribution in [3.63, 3.8) is 0 Å². The summed E-state index contributed by atoms with van der Waals surface area (Å²) in [5.41, 5.74) is 1.09. The van der Waals surface area contributed by atoms with Gasteiger partial charge < -0.3 is 105 Å². The van der Waals surface area contributed by atoms with Crippen LogP contribution >= 0.6 is 0 Å². The van der Waals surface area contributed by atoms with Gasteiger partial charge in [-0.25, -0.2) is 0 Å². The first-order valence-corrected chi connectivity index (χ1v) is 30.7. The Morgan fingerprint density at radius 1 is 0.636 bits per heavy atom. The number of aliphatic hydroxyl groups excluding tert-OH is 12. The lowest BCUT2D eigenvalue weighted by Gasteiger charge is -2.48.